The summed E-state index contributed by atoms with van der Waals surface area (Å²) in [6.45, 7) is 4.66. The maximum absolute atomic E-state index is 11.5. The van der Waals surface area contributed by atoms with E-state index in [1.807, 2.05) is 13.8 Å². The van der Waals surface area contributed by atoms with E-state index in [1.165, 1.54) is 10.9 Å². The molecule has 8 nitrogen and oxygen atoms in total. The smallest absolute Gasteiger partial charge is 0.320 e. The maximum atomic E-state index is 11.5. The van der Waals surface area contributed by atoms with E-state index in [1.54, 1.807) is 0 Å². The van der Waals surface area contributed by atoms with Crippen LogP contribution in [-0.2, 0) is 22.6 Å². The number of aromatic nitrogens is 3. The Bertz CT molecular complexity index is 443. The van der Waals surface area contributed by atoms with E-state index in [-0.39, 0.29) is 18.9 Å². The third kappa shape index (κ3) is 5.47. The number of amides is 1. The fraction of sp³-hybridized carbons (Fsp3) is 0.636. The van der Waals surface area contributed by atoms with Crippen LogP contribution in [0.5, 0.6) is 0 Å². The Balaban J connectivity index is 2.46. The van der Waals surface area contributed by atoms with Crippen molar-refractivity contribution in [2.45, 2.75) is 32.9 Å². The van der Waals surface area contributed by atoms with Crippen LogP contribution in [-0.4, -0.2) is 44.6 Å². The summed E-state index contributed by atoms with van der Waals surface area (Å²) in [7, 11) is 0. The molecule has 0 spiro atoms. The number of rotatable bonds is 7. The molecule has 1 aromatic heterocycles. The van der Waals surface area contributed by atoms with Gasteiger partial charge in [0.15, 0.2) is 0 Å². The van der Waals surface area contributed by atoms with Crippen LogP contribution < -0.4 is 11.1 Å². The molecule has 0 radical (unpaired) electrons. The number of hydrogen-bond acceptors (Lipinski definition) is 5. The van der Waals surface area contributed by atoms with Crippen LogP contribution in [0.2, 0.25) is 0 Å². The van der Waals surface area contributed by atoms with Gasteiger partial charge in [0.1, 0.15) is 12.6 Å². The quantitative estimate of drug-likeness (QED) is 0.583. The number of aliphatic carboxylic acids is 1. The fourth-order valence-electron chi connectivity index (χ4n) is 1.34. The van der Waals surface area contributed by atoms with E-state index < -0.39 is 12.0 Å². The van der Waals surface area contributed by atoms with Crippen molar-refractivity contribution in [1.82, 2.24) is 20.3 Å². The molecule has 0 aliphatic rings. The summed E-state index contributed by atoms with van der Waals surface area (Å²) in [6, 6.07) is -1.01. The Hall–Kier alpha value is -1.96. The molecule has 1 atom stereocenters. The van der Waals surface area contributed by atoms with Gasteiger partial charge in [0, 0.05) is 19.2 Å². The van der Waals surface area contributed by atoms with Gasteiger partial charge in [0.25, 0.3) is 0 Å². The van der Waals surface area contributed by atoms with Gasteiger partial charge < -0.3 is 16.2 Å². The van der Waals surface area contributed by atoms with Crippen molar-refractivity contribution in [1.29, 1.82) is 0 Å². The molecule has 1 rings (SSSR count). The monoisotopic (exact) mass is 269 g/mol. The second-order valence-corrected chi connectivity index (χ2v) is 4.75. The van der Waals surface area contributed by atoms with Gasteiger partial charge in [-0.1, -0.05) is 19.1 Å². The van der Waals surface area contributed by atoms with Crippen molar-refractivity contribution in [3.63, 3.8) is 0 Å². The molecule has 1 heterocycles. The van der Waals surface area contributed by atoms with Gasteiger partial charge in [-0.2, -0.15) is 0 Å². The molecule has 0 aliphatic carbocycles. The average Bonchev–Trinajstić information content (AvgIpc) is 2.73. The highest BCUT2D eigenvalue weighted by atomic mass is 16.4. The molecule has 0 fully saturated rings. The van der Waals surface area contributed by atoms with Crippen molar-refractivity contribution in [2.24, 2.45) is 11.7 Å². The molecule has 0 saturated carbocycles. The van der Waals surface area contributed by atoms with Crippen LogP contribution in [0.1, 0.15) is 19.5 Å². The molecule has 1 aromatic rings. The first-order valence-electron chi connectivity index (χ1n) is 6.02. The lowest BCUT2D eigenvalue weighted by atomic mass is 10.2. The first kappa shape index (κ1) is 15.1. The largest absolute Gasteiger partial charge is 0.480 e. The van der Waals surface area contributed by atoms with Crippen LogP contribution >= 0.6 is 0 Å². The predicted molar refractivity (Wildman–Crippen MR) is 67.2 cm³/mol. The van der Waals surface area contributed by atoms with Crippen molar-refractivity contribution in [3.8, 4) is 0 Å². The van der Waals surface area contributed by atoms with Gasteiger partial charge in [-0.05, 0) is 5.92 Å². The van der Waals surface area contributed by atoms with Crippen molar-refractivity contribution in [3.05, 3.63) is 11.9 Å². The summed E-state index contributed by atoms with van der Waals surface area (Å²) in [5.74, 6) is -0.874. The van der Waals surface area contributed by atoms with Crippen molar-refractivity contribution >= 4 is 11.9 Å². The highest BCUT2D eigenvalue weighted by molar-refractivity contribution is 5.75. The van der Waals surface area contributed by atoms with Gasteiger partial charge in [-0.15, -0.1) is 5.10 Å². The number of carbonyl (C=O) groups is 2. The highest BCUT2D eigenvalue weighted by Crippen LogP contribution is 1.98. The van der Waals surface area contributed by atoms with E-state index >= 15 is 0 Å². The summed E-state index contributed by atoms with van der Waals surface area (Å²) in [4.78, 5) is 22.1. The van der Waals surface area contributed by atoms with Gasteiger partial charge in [-0.25, -0.2) is 4.68 Å². The molecule has 0 saturated heterocycles. The molecule has 0 bridgehead atoms. The van der Waals surface area contributed by atoms with Crippen molar-refractivity contribution in [2.75, 3.05) is 6.54 Å². The zero-order valence-corrected chi connectivity index (χ0v) is 11.0. The van der Waals surface area contributed by atoms with E-state index in [0.29, 0.717) is 18.2 Å². The predicted octanol–water partition coefficient (Wildman–Crippen LogP) is -0.995. The lowest BCUT2D eigenvalue weighted by Gasteiger charge is -2.06. The Morgan fingerprint density at radius 1 is 1.53 bits per heavy atom. The van der Waals surface area contributed by atoms with Crippen LogP contribution in [0.4, 0.5) is 0 Å². The third-order valence-corrected chi connectivity index (χ3v) is 2.35. The summed E-state index contributed by atoms with van der Waals surface area (Å²) in [5, 5.41) is 19.0. The Labute approximate surface area is 111 Å². The minimum atomic E-state index is -1.09. The Morgan fingerprint density at radius 3 is 2.79 bits per heavy atom. The minimum Gasteiger partial charge on any atom is -0.480 e. The normalized spacial score (nSPS) is 12.4. The van der Waals surface area contributed by atoms with Crippen LogP contribution in [0, 0.1) is 5.92 Å². The summed E-state index contributed by atoms with van der Waals surface area (Å²) in [5.41, 5.74) is 5.83. The molecule has 106 valence electrons. The lowest BCUT2D eigenvalue weighted by Crippen LogP contribution is -2.32. The Morgan fingerprint density at radius 2 is 2.21 bits per heavy atom. The number of carboxylic acid groups (broad SMARTS) is 1. The number of carboxylic acids is 1. The third-order valence-electron chi connectivity index (χ3n) is 2.35. The first-order chi connectivity index (χ1) is 8.88. The van der Waals surface area contributed by atoms with Crippen molar-refractivity contribution < 1.29 is 14.7 Å². The second-order valence-electron chi connectivity index (χ2n) is 4.75. The average molecular weight is 269 g/mol. The highest BCUT2D eigenvalue weighted by Gasteiger charge is 2.15. The molecule has 19 heavy (non-hydrogen) atoms. The fourth-order valence-corrected chi connectivity index (χ4v) is 1.34. The topological polar surface area (TPSA) is 123 Å². The van der Waals surface area contributed by atoms with E-state index in [9.17, 15) is 9.59 Å². The lowest BCUT2D eigenvalue weighted by molar-refractivity contribution is -0.138. The van der Waals surface area contributed by atoms with E-state index in [2.05, 4.69) is 15.6 Å². The maximum Gasteiger partial charge on any atom is 0.320 e. The van der Waals surface area contributed by atoms with Gasteiger partial charge >= 0.3 is 5.97 Å². The van der Waals surface area contributed by atoms with Gasteiger partial charge in [0.05, 0.1) is 5.69 Å². The summed E-state index contributed by atoms with van der Waals surface area (Å²) < 4.78 is 1.36. The Kier molecular flexibility index (Phi) is 5.43. The number of nitrogens with one attached hydrogen (secondary N) is 1. The molecule has 1 amide bonds. The second kappa shape index (κ2) is 6.83. The molecule has 4 N–H and O–H groups in total. The zero-order valence-electron chi connectivity index (χ0n) is 11.0. The van der Waals surface area contributed by atoms with Crippen LogP contribution in [0.3, 0.4) is 0 Å². The van der Waals surface area contributed by atoms with Crippen LogP contribution in [0.15, 0.2) is 6.20 Å². The number of hydrogen-bond donors (Lipinski definition) is 3. The number of nitrogens with zero attached hydrogens (tertiary/aromatic N) is 3. The first-order valence-corrected chi connectivity index (χ1v) is 6.02. The van der Waals surface area contributed by atoms with Gasteiger partial charge in [0.2, 0.25) is 5.91 Å². The number of nitrogens with two attached hydrogens (primary N) is 1. The summed E-state index contributed by atoms with van der Waals surface area (Å²) >= 11 is 0. The van der Waals surface area contributed by atoms with Gasteiger partial charge in [-0.3, -0.25) is 9.59 Å². The van der Waals surface area contributed by atoms with Crippen LogP contribution in [0.25, 0.3) is 0 Å². The molecule has 1 unspecified atom stereocenters. The number of carbonyl (C=O) groups excluding carboxylic acids is 1. The standard InChI is InChI=1S/C11H19N5O3/c1-7(2)4-13-10(17)6-16-5-8(14-15-16)3-9(12)11(18)19/h5,7,9H,3-4,6,12H2,1-2H3,(H,13,17)(H,18,19). The zero-order chi connectivity index (χ0) is 14.4. The molecular formula is C11H19N5O3. The van der Waals surface area contributed by atoms with E-state index in [4.69, 9.17) is 10.8 Å². The molecule has 0 aliphatic heterocycles. The summed E-state index contributed by atoms with van der Waals surface area (Å²) in [6.07, 6.45) is 1.61. The van der Waals surface area contributed by atoms with E-state index in [0.717, 1.165) is 0 Å². The molecule has 8 heteroatoms. The molecule has 0 aromatic carbocycles. The molecular weight excluding hydrogens is 250 g/mol. The minimum absolute atomic E-state index is 0.0576. The SMILES string of the molecule is CC(C)CNC(=O)Cn1cc(CC(N)C(=O)O)nn1.